The van der Waals surface area contributed by atoms with Gasteiger partial charge in [-0.1, -0.05) is 13.8 Å². The molecule has 1 fully saturated rings. The van der Waals surface area contributed by atoms with Crippen LogP contribution in [0.4, 0.5) is 14.5 Å². The first-order valence-corrected chi connectivity index (χ1v) is 8.73. The predicted octanol–water partition coefficient (Wildman–Crippen LogP) is 3.29. The highest BCUT2D eigenvalue weighted by molar-refractivity contribution is 5.92. The van der Waals surface area contributed by atoms with Crippen molar-refractivity contribution in [2.75, 3.05) is 25.0 Å². The average molecular weight is 364 g/mol. The summed E-state index contributed by atoms with van der Waals surface area (Å²) in [5.41, 5.74) is -0.0154. The van der Waals surface area contributed by atoms with Gasteiger partial charge in [0.15, 0.2) is 0 Å². The lowest BCUT2D eigenvalue weighted by atomic mass is 9.97. The molecule has 6 nitrogen and oxygen atoms in total. The minimum Gasteiger partial charge on any atom is -0.425 e. The fraction of sp³-hybridized carbons (Fsp3) is 0.500. The van der Waals surface area contributed by atoms with E-state index in [0.29, 0.717) is 24.9 Å². The van der Waals surface area contributed by atoms with Crippen molar-refractivity contribution >= 4 is 11.6 Å². The maximum absolute atomic E-state index is 13.6. The molecule has 1 saturated heterocycles. The van der Waals surface area contributed by atoms with Crippen molar-refractivity contribution in [1.29, 1.82) is 0 Å². The number of benzene rings is 1. The van der Waals surface area contributed by atoms with Gasteiger partial charge >= 0.3 is 0 Å². The fourth-order valence-electron chi connectivity index (χ4n) is 2.97. The van der Waals surface area contributed by atoms with Crippen LogP contribution in [-0.2, 0) is 4.79 Å². The Morgan fingerprint density at radius 1 is 1.31 bits per heavy atom. The number of carbonyl (C=O) groups excluding carboxylic acids is 1. The third-order valence-corrected chi connectivity index (χ3v) is 4.46. The van der Waals surface area contributed by atoms with E-state index in [9.17, 15) is 13.6 Å². The van der Waals surface area contributed by atoms with Gasteiger partial charge in [0.05, 0.1) is 12.2 Å². The van der Waals surface area contributed by atoms with Gasteiger partial charge in [-0.3, -0.25) is 9.69 Å². The van der Waals surface area contributed by atoms with Crippen LogP contribution < -0.4 is 5.32 Å². The zero-order valence-electron chi connectivity index (χ0n) is 14.8. The number of halogens is 2. The lowest BCUT2D eigenvalue weighted by Gasteiger charge is -2.29. The second-order valence-electron chi connectivity index (χ2n) is 6.86. The number of likely N-dealkylation sites (tertiary alicyclic amines) is 1. The molecule has 8 heteroatoms. The van der Waals surface area contributed by atoms with Gasteiger partial charge in [-0.25, -0.2) is 8.78 Å². The highest BCUT2D eigenvalue weighted by Crippen LogP contribution is 2.28. The van der Waals surface area contributed by atoms with E-state index in [1.165, 1.54) is 6.07 Å². The zero-order chi connectivity index (χ0) is 18.7. The number of nitrogens with one attached hydrogen (secondary N) is 1. The van der Waals surface area contributed by atoms with Crippen LogP contribution in [0.25, 0.3) is 0 Å². The van der Waals surface area contributed by atoms with Crippen molar-refractivity contribution in [1.82, 2.24) is 15.1 Å². The second kappa shape index (κ2) is 7.90. The molecular formula is C18H22F2N4O2. The Balaban J connectivity index is 1.49. The number of carbonyl (C=O) groups is 1. The van der Waals surface area contributed by atoms with E-state index >= 15 is 0 Å². The van der Waals surface area contributed by atoms with Crippen LogP contribution in [0.2, 0.25) is 0 Å². The molecule has 1 N–H and O–H groups in total. The van der Waals surface area contributed by atoms with E-state index in [2.05, 4.69) is 15.5 Å². The van der Waals surface area contributed by atoms with E-state index in [0.717, 1.165) is 25.0 Å². The summed E-state index contributed by atoms with van der Waals surface area (Å²) >= 11 is 0. The molecule has 0 atom stereocenters. The van der Waals surface area contributed by atoms with E-state index in [-0.39, 0.29) is 30.0 Å². The maximum atomic E-state index is 13.6. The quantitative estimate of drug-likeness (QED) is 0.881. The maximum Gasteiger partial charge on any atom is 0.238 e. The predicted molar refractivity (Wildman–Crippen MR) is 91.8 cm³/mol. The summed E-state index contributed by atoms with van der Waals surface area (Å²) in [5.74, 6) is -0.0856. The van der Waals surface area contributed by atoms with Gasteiger partial charge in [0.25, 0.3) is 0 Å². The monoisotopic (exact) mass is 364 g/mol. The van der Waals surface area contributed by atoms with Gasteiger partial charge in [0.2, 0.25) is 17.7 Å². The average Bonchev–Trinajstić information content (AvgIpc) is 3.08. The molecule has 2 aromatic rings. The molecular weight excluding hydrogens is 342 g/mol. The lowest BCUT2D eigenvalue weighted by Crippen LogP contribution is -2.38. The van der Waals surface area contributed by atoms with Crippen molar-refractivity contribution < 1.29 is 18.0 Å². The first-order valence-electron chi connectivity index (χ1n) is 8.73. The van der Waals surface area contributed by atoms with E-state index in [1.807, 2.05) is 18.7 Å². The van der Waals surface area contributed by atoms with Gasteiger partial charge in [-0.05, 0) is 38.1 Å². The molecule has 0 aliphatic carbocycles. The highest BCUT2D eigenvalue weighted by atomic mass is 19.1. The van der Waals surface area contributed by atoms with E-state index in [4.69, 9.17) is 4.42 Å². The molecule has 0 unspecified atom stereocenters. The Bertz CT molecular complexity index is 770. The van der Waals surface area contributed by atoms with Gasteiger partial charge in [0, 0.05) is 17.9 Å². The summed E-state index contributed by atoms with van der Waals surface area (Å²) in [6.07, 6.45) is 1.63. The number of amides is 1. The summed E-state index contributed by atoms with van der Waals surface area (Å²) < 4.78 is 32.2. The summed E-state index contributed by atoms with van der Waals surface area (Å²) in [7, 11) is 0. The minimum absolute atomic E-state index is 0.0154. The lowest BCUT2D eigenvalue weighted by molar-refractivity contribution is -0.117. The smallest absolute Gasteiger partial charge is 0.238 e. The van der Waals surface area contributed by atoms with E-state index < -0.39 is 11.6 Å². The van der Waals surface area contributed by atoms with Gasteiger partial charge < -0.3 is 9.73 Å². The van der Waals surface area contributed by atoms with Crippen molar-refractivity contribution in [2.45, 2.75) is 38.5 Å². The summed E-state index contributed by atoms with van der Waals surface area (Å²) in [5, 5.41) is 10.7. The molecule has 0 bridgehead atoms. The SMILES string of the molecule is CC(C)c1nnc(C2CCN(CC(=O)Nc3ccc(F)cc3F)CC2)o1. The molecule has 26 heavy (non-hydrogen) atoms. The molecule has 2 heterocycles. The first-order chi connectivity index (χ1) is 12.4. The molecule has 0 radical (unpaired) electrons. The van der Waals surface area contributed by atoms with Crippen LogP contribution in [0, 0.1) is 11.6 Å². The number of aromatic nitrogens is 2. The third-order valence-electron chi connectivity index (χ3n) is 4.46. The molecule has 0 saturated carbocycles. The number of hydrogen-bond donors (Lipinski definition) is 1. The van der Waals surface area contributed by atoms with Crippen molar-refractivity contribution in [3.05, 3.63) is 41.6 Å². The summed E-state index contributed by atoms with van der Waals surface area (Å²) in [6, 6.07) is 3.08. The van der Waals surface area contributed by atoms with Crippen molar-refractivity contribution in [3.8, 4) is 0 Å². The molecule has 1 amide bonds. The van der Waals surface area contributed by atoms with Crippen LogP contribution in [0.3, 0.4) is 0 Å². The van der Waals surface area contributed by atoms with Crippen LogP contribution >= 0.6 is 0 Å². The standard InChI is InChI=1S/C18H22F2N4O2/c1-11(2)17-22-23-18(26-17)12-5-7-24(8-6-12)10-16(25)21-15-4-3-13(19)9-14(15)20/h3-4,9,11-12H,5-8,10H2,1-2H3,(H,21,25). The third kappa shape index (κ3) is 4.43. The number of rotatable bonds is 5. The van der Waals surface area contributed by atoms with Crippen LogP contribution in [0.5, 0.6) is 0 Å². The topological polar surface area (TPSA) is 71.3 Å². The van der Waals surface area contributed by atoms with Crippen LogP contribution in [0.1, 0.15) is 50.3 Å². The van der Waals surface area contributed by atoms with Gasteiger partial charge in [0.1, 0.15) is 11.6 Å². The zero-order valence-corrected chi connectivity index (χ0v) is 14.8. The normalized spacial score (nSPS) is 16.2. The number of piperidine rings is 1. The Morgan fingerprint density at radius 2 is 2.04 bits per heavy atom. The molecule has 1 aromatic carbocycles. The highest BCUT2D eigenvalue weighted by Gasteiger charge is 2.26. The van der Waals surface area contributed by atoms with Crippen LogP contribution in [0.15, 0.2) is 22.6 Å². The Hall–Kier alpha value is -2.35. The summed E-state index contributed by atoms with van der Waals surface area (Å²) in [4.78, 5) is 14.1. The molecule has 1 aliphatic rings. The largest absolute Gasteiger partial charge is 0.425 e. The number of nitrogens with zero attached hydrogens (tertiary/aromatic N) is 3. The van der Waals surface area contributed by atoms with Gasteiger partial charge in [-0.15, -0.1) is 10.2 Å². The number of anilines is 1. The van der Waals surface area contributed by atoms with Crippen molar-refractivity contribution in [3.63, 3.8) is 0 Å². The fourth-order valence-corrected chi connectivity index (χ4v) is 2.97. The first kappa shape index (κ1) is 18.4. The molecule has 3 rings (SSSR count). The minimum atomic E-state index is -0.783. The Kier molecular flexibility index (Phi) is 5.61. The van der Waals surface area contributed by atoms with E-state index in [1.54, 1.807) is 0 Å². The Labute approximate surface area is 150 Å². The summed E-state index contributed by atoms with van der Waals surface area (Å²) in [6.45, 7) is 5.59. The molecule has 140 valence electrons. The number of hydrogen-bond acceptors (Lipinski definition) is 5. The van der Waals surface area contributed by atoms with Gasteiger partial charge in [-0.2, -0.15) is 0 Å². The molecule has 0 spiro atoms. The molecule has 1 aliphatic heterocycles. The second-order valence-corrected chi connectivity index (χ2v) is 6.86. The Morgan fingerprint density at radius 3 is 2.65 bits per heavy atom. The van der Waals surface area contributed by atoms with Crippen LogP contribution in [-0.4, -0.2) is 40.6 Å². The molecule has 1 aromatic heterocycles. The van der Waals surface area contributed by atoms with Crippen molar-refractivity contribution in [2.24, 2.45) is 0 Å².